The quantitative estimate of drug-likeness (QED) is 0.534. The minimum atomic E-state index is -4.41. The fourth-order valence-corrected chi connectivity index (χ4v) is 4.19. The molecular weight excluding hydrogens is 427 g/mol. The number of aliphatic imine (C=N–C) groups is 1. The molecule has 5 rings (SSSR count). The highest BCUT2D eigenvalue weighted by Gasteiger charge is 2.33. The monoisotopic (exact) mass is 450 g/mol. The lowest BCUT2D eigenvalue weighted by Gasteiger charge is -2.42. The summed E-state index contributed by atoms with van der Waals surface area (Å²) in [4.78, 5) is 15.2. The molecule has 8 heteroatoms. The topological polar surface area (TPSA) is 35.0 Å². The van der Waals surface area contributed by atoms with Gasteiger partial charge in [0.25, 0.3) is 0 Å². The molecule has 1 radical (unpaired) electrons. The second-order valence-electron chi connectivity index (χ2n) is 8.21. The third-order valence-corrected chi connectivity index (χ3v) is 5.92. The van der Waals surface area contributed by atoms with Crippen molar-refractivity contribution in [3.05, 3.63) is 90.2 Å². The van der Waals surface area contributed by atoms with Crippen LogP contribution in [0.15, 0.2) is 72.0 Å². The van der Waals surface area contributed by atoms with Crippen molar-refractivity contribution in [2.24, 2.45) is 4.99 Å². The highest BCUT2D eigenvalue weighted by atomic mass is 19.4. The van der Waals surface area contributed by atoms with E-state index in [4.69, 9.17) is 4.99 Å². The Morgan fingerprint density at radius 1 is 0.848 bits per heavy atom. The van der Waals surface area contributed by atoms with E-state index in [0.717, 1.165) is 24.7 Å². The predicted molar refractivity (Wildman–Crippen MR) is 124 cm³/mol. The van der Waals surface area contributed by atoms with Gasteiger partial charge in [-0.3, -0.25) is 4.98 Å². The third kappa shape index (κ3) is 4.37. The van der Waals surface area contributed by atoms with Crippen LogP contribution in [-0.2, 0) is 6.18 Å². The zero-order valence-electron chi connectivity index (χ0n) is 18.1. The molecule has 3 aromatic rings. The Morgan fingerprint density at radius 3 is 2.33 bits per heavy atom. The van der Waals surface area contributed by atoms with Crippen LogP contribution < -0.4 is 9.80 Å². The van der Waals surface area contributed by atoms with E-state index in [0.29, 0.717) is 30.4 Å². The van der Waals surface area contributed by atoms with Crippen molar-refractivity contribution in [2.75, 3.05) is 36.0 Å². The Balaban J connectivity index is 1.44. The summed E-state index contributed by atoms with van der Waals surface area (Å²) in [6, 6.07) is 15.6. The number of anilines is 2. The molecule has 33 heavy (non-hydrogen) atoms. The Labute approximate surface area is 190 Å². The van der Waals surface area contributed by atoms with Gasteiger partial charge in [0, 0.05) is 49.3 Å². The minimum absolute atomic E-state index is 0.423. The molecule has 0 amide bonds. The van der Waals surface area contributed by atoms with Crippen molar-refractivity contribution in [3.63, 3.8) is 0 Å². The van der Waals surface area contributed by atoms with Gasteiger partial charge < -0.3 is 14.7 Å². The van der Waals surface area contributed by atoms with Crippen molar-refractivity contribution in [1.82, 2.24) is 9.88 Å². The average Bonchev–Trinajstić information content (AvgIpc) is 2.83. The molecule has 0 aliphatic carbocycles. The molecule has 0 unspecified atom stereocenters. The number of alkyl halides is 3. The molecule has 2 aliphatic heterocycles. The van der Waals surface area contributed by atoms with Crippen LogP contribution in [0, 0.1) is 13.5 Å². The summed E-state index contributed by atoms with van der Waals surface area (Å²) in [5.41, 5.74) is 3.64. The number of hydrogen-bond donors (Lipinski definition) is 0. The van der Waals surface area contributed by atoms with E-state index in [2.05, 4.69) is 46.0 Å². The van der Waals surface area contributed by atoms with E-state index < -0.39 is 11.7 Å². The molecule has 0 spiro atoms. The first-order chi connectivity index (χ1) is 15.9. The molecule has 0 saturated carbocycles. The molecule has 3 heterocycles. The first-order valence-corrected chi connectivity index (χ1v) is 10.8. The molecule has 2 aromatic carbocycles. The van der Waals surface area contributed by atoms with E-state index in [1.165, 1.54) is 23.4 Å². The summed E-state index contributed by atoms with van der Waals surface area (Å²) >= 11 is 0. The van der Waals surface area contributed by atoms with E-state index in [-0.39, 0.29) is 0 Å². The van der Waals surface area contributed by atoms with Crippen LogP contribution in [0.25, 0.3) is 0 Å². The van der Waals surface area contributed by atoms with Crippen LogP contribution >= 0.6 is 0 Å². The Kier molecular flexibility index (Phi) is 5.44. The number of hydrogen-bond acceptors (Lipinski definition) is 5. The maximum atomic E-state index is 13.4. The number of halogens is 3. The maximum Gasteiger partial charge on any atom is 0.416 e. The highest BCUT2D eigenvalue weighted by molar-refractivity contribution is 6.01. The van der Waals surface area contributed by atoms with Crippen molar-refractivity contribution >= 4 is 23.0 Å². The Hall–Kier alpha value is -3.55. The first kappa shape index (κ1) is 21.3. The standard InChI is InChI=1S/C25H23F3N5/c1-18-4-2-6-21(14-18)31-10-12-32(13-11-31)24-30-23-16-29-9-8-19(23)17-33(24)22-7-3-5-20(15-22)25(26,27)28/h2-9,14-17H,10-13H2,1H3. The van der Waals surface area contributed by atoms with Gasteiger partial charge in [-0.2, -0.15) is 13.2 Å². The second kappa shape index (κ2) is 8.42. The Bertz CT molecular complexity index is 1180. The van der Waals surface area contributed by atoms with Gasteiger partial charge in [-0.15, -0.1) is 0 Å². The van der Waals surface area contributed by atoms with Crippen molar-refractivity contribution in [3.8, 4) is 0 Å². The van der Waals surface area contributed by atoms with Crippen molar-refractivity contribution in [1.29, 1.82) is 0 Å². The highest BCUT2D eigenvalue weighted by Crippen LogP contribution is 2.35. The van der Waals surface area contributed by atoms with Crippen LogP contribution in [0.4, 0.5) is 30.2 Å². The fraction of sp³-hybridized carbons (Fsp3) is 0.240. The van der Waals surface area contributed by atoms with Gasteiger partial charge in [0.15, 0.2) is 0 Å². The molecule has 169 valence electrons. The van der Waals surface area contributed by atoms with Gasteiger partial charge in [0.05, 0.1) is 24.0 Å². The summed E-state index contributed by atoms with van der Waals surface area (Å²) in [5, 5.41) is 0. The van der Waals surface area contributed by atoms with Gasteiger partial charge >= 0.3 is 6.18 Å². The van der Waals surface area contributed by atoms with Crippen LogP contribution in [0.1, 0.15) is 16.7 Å². The van der Waals surface area contributed by atoms with Crippen molar-refractivity contribution in [2.45, 2.75) is 13.1 Å². The molecule has 0 N–H and O–H groups in total. The summed E-state index contributed by atoms with van der Waals surface area (Å²) in [5.74, 6) is 0.610. The van der Waals surface area contributed by atoms with Crippen LogP contribution in [0.5, 0.6) is 0 Å². The lowest BCUT2D eigenvalue weighted by atomic mass is 10.1. The van der Waals surface area contributed by atoms with Gasteiger partial charge in [0.1, 0.15) is 0 Å². The van der Waals surface area contributed by atoms with E-state index in [1.54, 1.807) is 23.4 Å². The number of piperazine rings is 1. The smallest absolute Gasteiger partial charge is 0.368 e. The number of nitrogens with zero attached hydrogens (tertiary/aromatic N) is 5. The number of pyridine rings is 1. The number of aromatic nitrogens is 1. The SMILES string of the molecule is Cc1cccc(N2CCN(C3=Nc4cnccc4[CH]N3c3cccc(C(F)(F)F)c3)CC2)c1. The van der Waals surface area contributed by atoms with Crippen molar-refractivity contribution < 1.29 is 13.2 Å². The molecule has 2 aliphatic rings. The molecule has 5 nitrogen and oxygen atoms in total. The predicted octanol–water partition coefficient (Wildman–Crippen LogP) is 5.25. The molecular formula is C25H23F3N5. The summed E-state index contributed by atoms with van der Waals surface area (Å²) in [7, 11) is 0. The number of guanidine groups is 1. The zero-order chi connectivity index (χ0) is 23.0. The number of aryl methyl sites for hydroxylation is 1. The zero-order valence-corrected chi connectivity index (χ0v) is 18.1. The Morgan fingerprint density at radius 2 is 1.58 bits per heavy atom. The largest absolute Gasteiger partial charge is 0.416 e. The van der Waals surface area contributed by atoms with Gasteiger partial charge in [-0.05, 0) is 48.9 Å². The number of rotatable bonds is 2. The molecule has 1 fully saturated rings. The molecule has 0 bridgehead atoms. The summed E-state index contributed by atoms with van der Waals surface area (Å²) < 4.78 is 40.1. The molecule has 0 atom stereocenters. The maximum absolute atomic E-state index is 13.4. The molecule has 1 aromatic heterocycles. The van der Waals surface area contributed by atoms with Crippen LogP contribution in [-0.4, -0.2) is 42.0 Å². The average molecular weight is 450 g/mol. The lowest BCUT2D eigenvalue weighted by molar-refractivity contribution is -0.137. The van der Waals surface area contributed by atoms with Crippen LogP contribution in [0.3, 0.4) is 0 Å². The van der Waals surface area contributed by atoms with E-state index in [9.17, 15) is 13.2 Å². The number of benzene rings is 2. The minimum Gasteiger partial charge on any atom is -0.368 e. The molecule has 1 saturated heterocycles. The van der Waals surface area contributed by atoms with E-state index >= 15 is 0 Å². The third-order valence-electron chi connectivity index (χ3n) is 5.92. The van der Waals surface area contributed by atoms with Gasteiger partial charge in [-0.25, -0.2) is 4.99 Å². The summed E-state index contributed by atoms with van der Waals surface area (Å²) in [6.45, 7) is 6.89. The fourth-order valence-electron chi connectivity index (χ4n) is 4.19. The number of fused-ring (bicyclic) bond motifs is 1. The summed E-state index contributed by atoms with van der Waals surface area (Å²) in [6.07, 6.45) is -1.08. The van der Waals surface area contributed by atoms with E-state index in [1.807, 2.05) is 12.6 Å². The second-order valence-corrected chi connectivity index (χ2v) is 8.21. The normalized spacial score (nSPS) is 16.5. The lowest BCUT2D eigenvalue weighted by Crippen LogP contribution is -2.54. The van der Waals surface area contributed by atoms with Gasteiger partial charge in [0.2, 0.25) is 5.96 Å². The first-order valence-electron chi connectivity index (χ1n) is 10.8. The van der Waals surface area contributed by atoms with Gasteiger partial charge in [-0.1, -0.05) is 18.2 Å². The van der Waals surface area contributed by atoms with Crippen LogP contribution in [0.2, 0.25) is 0 Å².